The molecule has 1 aromatic carbocycles. The fourth-order valence-corrected chi connectivity index (χ4v) is 2.04. The lowest BCUT2D eigenvalue weighted by Gasteiger charge is -2.15. The van der Waals surface area contributed by atoms with Crippen molar-refractivity contribution in [3.05, 3.63) is 33.3 Å². The first-order chi connectivity index (χ1) is 8.50. The van der Waals surface area contributed by atoms with Crippen molar-refractivity contribution >= 4 is 28.9 Å². The molecule has 0 saturated heterocycles. The van der Waals surface area contributed by atoms with E-state index in [1.54, 1.807) is 6.07 Å². The van der Waals surface area contributed by atoms with Crippen molar-refractivity contribution in [2.24, 2.45) is 5.92 Å². The molecular formula is C11H11ClN2O4. The Hall–Kier alpha value is -1.82. The number of benzene rings is 1. The van der Waals surface area contributed by atoms with Crippen molar-refractivity contribution in [3.63, 3.8) is 0 Å². The Bertz CT molecular complexity index is 502. The summed E-state index contributed by atoms with van der Waals surface area (Å²) >= 11 is 5.75. The van der Waals surface area contributed by atoms with E-state index in [0.717, 1.165) is 12.8 Å². The number of carboxylic acid groups (broad SMARTS) is 1. The minimum absolute atomic E-state index is 0.00932. The standard InChI is InChI=1S/C11H11ClN2O4/c12-7-2-1-3-8(10(7)14(17)18)13-9(11(15)16)6-4-5-6/h1-3,6,9,13H,4-5H2,(H,15,16). The summed E-state index contributed by atoms with van der Waals surface area (Å²) in [5.74, 6) is -0.979. The summed E-state index contributed by atoms with van der Waals surface area (Å²) in [5.41, 5.74) is -0.141. The van der Waals surface area contributed by atoms with Crippen LogP contribution in [0.5, 0.6) is 0 Å². The van der Waals surface area contributed by atoms with E-state index >= 15 is 0 Å². The second-order valence-electron chi connectivity index (χ2n) is 4.19. The van der Waals surface area contributed by atoms with Crippen LogP contribution >= 0.6 is 11.6 Å². The lowest BCUT2D eigenvalue weighted by molar-refractivity contribution is -0.383. The number of carbonyl (C=O) groups is 1. The van der Waals surface area contributed by atoms with Crippen LogP contribution < -0.4 is 5.32 Å². The van der Waals surface area contributed by atoms with E-state index < -0.39 is 16.9 Å². The highest BCUT2D eigenvalue weighted by molar-refractivity contribution is 6.33. The second-order valence-corrected chi connectivity index (χ2v) is 4.60. The Morgan fingerprint density at radius 3 is 2.72 bits per heavy atom. The normalized spacial score (nSPS) is 16.1. The van der Waals surface area contributed by atoms with Gasteiger partial charge in [-0.1, -0.05) is 17.7 Å². The van der Waals surface area contributed by atoms with Gasteiger partial charge in [0, 0.05) is 0 Å². The predicted molar refractivity (Wildman–Crippen MR) is 65.9 cm³/mol. The number of anilines is 1. The number of nitrogens with one attached hydrogen (secondary N) is 1. The molecule has 7 heteroatoms. The molecule has 1 aromatic rings. The quantitative estimate of drug-likeness (QED) is 0.633. The lowest BCUT2D eigenvalue weighted by Crippen LogP contribution is -2.31. The molecule has 0 spiro atoms. The number of carboxylic acids is 1. The Kier molecular flexibility index (Phi) is 3.38. The van der Waals surface area contributed by atoms with Crippen molar-refractivity contribution in [2.45, 2.75) is 18.9 Å². The first-order valence-corrected chi connectivity index (χ1v) is 5.80. The Morgan fingerprint density at radius 1 is 1.56 bits per heavy atom. The highest BCUT2D eigenvalue weighted by atomic mass is 35.5. The summed E-state index contributed by atoms with van der Waals surface area (Å²) in [6, 6.07) is 3.60. The molecule has 1 unspecified atom stereocenters. The zero-order valence-electron chi connectivity index (χ0n) is 9.30. The zero-order chi connectivity index (χ0) is 13.3. The van der Waals surface area contributed by atoms with Crippen LogP contribution in [0.15, 0.2) is 18.2 Å². The van der Waals surface area contributed by atoms with Crippen LogP contribution in [-0.4, -0.2) is 22.0 Å². The van der Waals surface area contributed by atoms with Gasteiger partial charge in [0.25, 0.3) is 0 Å². The summed E-state index contributed by atoms with van der Waals surface area (Å²) in [6.45, 7) is 0. The largest absolute Gasteiger partial charge is 0.480 e. The monoisotopic (exact) mass is 270 g/mol. The van der Waals surface area contributed by atoms with Crippen LogP contribution in [0.3, 0.4) is 0 Å². The highest BCUT2D eigenvalue weighted by Crippen LogP contribution is 2.38. The average Bonchev–Trinajstić information content (AvgIpc) is 3.08. The number of aliphatic carboxylic acids is 1. The number of hydrogen-bond acceptors (Lipinski definition) is 4. The van der Waals surface area contributed by atoms with Crippen molar-refractivity contribution in [1.29, 1.82) is 0 Å². The Morgan fingerprint density at radius 2 is 2.22 bits per heavy atom. The highest BCUT2D eigenvalue weighted by Gasteiger charge is 2.37. The van der Waals surface area contributed by atoms with E-state index in [4.69, 9.17) is 16.7 Å². The van der Waals surface area contributed by atoms with Crippen molar-refractivity contribution in [1.82, 2.24) is 0 Å². The molecule has 2 N–H and O–H groups in total. The van der Waals surface area contributed by atoms with Gasteiger partial charge in [-0.3, -0.25) is 10.1 Å². The lowest BCUT2D eigenvalue weighted by atomic mass is 10.1. The van der Waals surface area contributed by atoms with Crippen molar-refractivity contribution in [2.75, 3.05) is 5.32 Å². The molecule has 1 atom stereocenters. The van der Waals surface area contributed by atoms with E-state index in [2.05, 4.69) is 5.32 Å². The third-order valence-corrected chi connectivity index (χ3v) is 3.14. The third-order valence-electron chi connectivity index (χ3n) is 2.84. The molecule has 2 rings (SSSR count). The number of halogens is 1. The maximum atomic E-state index is 11.1. The topological polar surface area (TPSA) is 92.5 Å². The second kappa shape index (κ2) is 4.81. The summed E-state index contributed by atoms with van der Waals surface area (Å²) in [4.78, 5) is 21.4. The molecule has 1 fully saturated rings. The van der Waals surface area contributed by atoms with Crippen LogP contribution in [0.1, 0.15) is 12.8 Å². The molecule has 1 saturated carbocycles. The molecule has 0 aliphatic heterocycles. The van der Waals surface area contributed by atoms with E-state index in [1.165, 1.54) is 12.1 Å². The molecule has 6 nitrogen and oxygen atoms in total. The van der Waals surface area contributed by atoms with E-state index in [-0.39, 0.29) is 22.3 Å². The van der Waals surface area contributed by atoms with Gasteiger partial charge in [-0.15, -0.1) is 0 Å². The molecule has 0 amide bonds. The number of nitro groups is 1. The van der Waals surface area contributed by atoms with Gasteiger partial charge in [0.1, 0.15) is 16.8 Å². The van der Waals surface area contributed by atoms with Gasteiger partial charge in [-0.05, 0) is 30.9 Å². The summed E-state index contributed by atoms with van der Waals surface area (Å²) in [5, 5.41) is 22.7. The van der Waals surface area contributed by atoms with Crippen LogP contribution in [0, 0.1) is 16.0 Å². The van der Waals surface area contributed by atoms with Gasteiger partial charge in [0.2, 0.25) is 0 Å². The van der Waals surface area contributed by atoms with Gasteiger partial charge in [-0.25, -0.2) is 4.79 Å². The van der Waals surface area contributed by atoms with Crippen molar-refractivity contribution in [3.8, 4) is 0 Å². The van der Waals surface area contributed by atoms with Crippen LogP contribution in [0.2, 0.25) is 5.02 Å². The van der Waals surface area contributed by atoms with Gasteiger partial charge in [0.05, 0.1) is 4.92 Å². The fraction of sp³-hybridized carbons (Fsp3) is 0.364. The molecular weight excluding hydrogens is 260 g/mol. The molecule has 96 valence electrons. The molecule has 1 aliphatic rings. The average molecular weight is 271 g/mol. The fourth-order valence-electron chi connectivity index (χ4n) is 1.80. The van der Waals surface area contributed by atoms with Crippen LogP contribution in [0.4, 0.5) is 11.4 Å². The summed E-state index contributed by atoms with van der Waals surface area (Å²) < 4.78 is 0. The number of hydrogen-bond donors (Lipinski definition) is 2. The van der Waals surface area contributed by atoms with Gasteiger partial charge < -0.3 is 10.4 Å². The van der Waals surface area contributed by atoms with Gasteiger partial charge in [0.15, 0.2) is 0 Å². The predicted octanol–water partition coefficient (Wildman–Crippen LogP) is 2.52. The first-order valence-electron chi connectivity index (χ1n) is 5.43. The number of nitro benzene ring substituents is 1. The summed E-state index contributed by atoms with van der Waals surface area (Å²) in [6.07, 6.45) is 1.64. The van der Waals surface area contributed by atoms with E-state index in [0.29, 0.717) is 0 Å². The summed E-state index contributed by atoms with van der Waals surface area (Å²) in [7, 11) is 0. The van der Waals surface area contributed by atoms with Gasteiger partial charge >= 0.3 is 11.7 Å². The molecule has 18 heavy (non-hydrogen) atoms. The maximum absolute atomic E-state index is 11.1. The minimum atomic E-state index is -1.01. The molecule has 0 bridgehead atoms. The molecule has 0 heterocycles. The zero-order valence-corrected chi connectivity index (χ0v) is 10.1. The maximum Gasteiger partial charge on any atom is 0.326 e. The van der Waals surface area contributed by atoms with Crippen molar-refractivity contribution < 1.29 is 14.8 Å². The number of rotatable bonds is 5. The third kappa shape index (κ3) is 2.53. The Labute approximate surface area is 108 Å². The Balaban J connectivity index is 2.30. The van der Waals surface area contributed by atoms with Gasteiger partial charge in [-0.2, -0.15) is 0 Å². The first kappa shape index (κ1) is 12.6. The van der Waals surface area contributed by atoms with E-state index in [9.17, 15) is 14.9 Å². The van der Waals surface area contributed by atoms with Crippen LogP contribution in [0.25, 0.3) is 0 Å². The number of nitrogens with zero attached hydrogens (tertiary/aromatic N) is 1. The molecule has 0 aromatic heterocycles. The number of para-hydroxylation sites is 1. The van der Waals surface area contributed by atoms with E-state index in [1.807, 2.05) is 0 Å². The SMILES string of the molecule is O=C(O)C(Nc1cccc(Cl)c1[N+](=O)[O-])C1CC1. The minimum Gasteiger partial charge on any atom is -0.480 e. The molecule has 0 radical (unpaired) electrons. The van der Waals surface area contributed by atoms with Crippen LogP contribution in [-0.2, 0) is 4.79 Å². The smallest absolute Gasteiger partial charge is 0.326 e. The molecule has 1 aliphatic carbocycles.